The Balaban J connectivity index is 1.56. The topological polar surface area (TPSA) is 101 Å². The lowest BCUT2D eigenvalue weighted by Gasteiger charge is -2.34. The normalized spacial score (nSPS) is 18.1. The van der Waals surface area contributed by atoms with Gasteiger partial charge in [-0.25, -0.2) is 13.2 Å². The minimum atomic E-state index is -4.97. The summed E-state index contributed by atoms with van der Waals surface area (Å²) in [7, 11) is 0. The van der Waals surface area contributed by atoms with Crippen LogP contribution in [-0.4, -0.2) is 52.3 Å². The van der Waals surface area contributed by atoms with Gasteiger partial charge in [0.25, 0.3) is 5.56 Å². The summed E-state index contributed by atoms with van der Waals surface area (Å²) >= 11 is 0. The highest BCUT2D eigenvalue weighted by Crippen LogP contribution is 2.39. The molecule has 14 heteroatoms. The first kappa shape index (κ1) is 36.7. The fraction of sp³-hybridized carbons (Fsp3) is 0.342. The number of likely N-dealkylation sites (tertiary alicyclic amines) is 1. The van der Waals surface area contributed by atoms with Crippen LogP contribution in [0.4, 0.5) is 26.3 Å². The number of carboxylic acids is 1. The van der Waals surface area contributed by atoms with Gasteiger partial charge in [-0.15, -0.1) is 0 Å². The van der Waals surface area contributed by atoms with Crippen LogP contribution in [0, 0.1) is 32.4 Å². The van der Waals surface area contributed by atoms with Gasteiger partial charge in [0.2, 0.25) is 5.91 Å². The average Bonchev–Trinajstić information content (AvgIpc) is 3.05. The van der Waals surface area contributed by atoms with E-state index in [9.17, 15) is 37.1 Å². The molecule has 0 radical (unpaired) electrons. The Hall–Kier alpha value is -5.11. The van der Waals surface area contributed by atoms with E-state index >= 15 is 8.78 Å². The molecule has 4 aromatic rings. The van der Waals surface area contributed by atoms with Crippen LogP contribution in [0.5, 0.6) is 5.75 Å². The first-order valence-corrected chi connectivity index (χ1v) is 16.5. The van der Waals surface area contributed by atoms with E-state index in [-0.39, 0.29) is 43.8 Å². The van der Waals surface area contributed by atoms with Gasteiger partial charge in [-0.2, -0.15) is 13.2 Å². The second kappa shape index (κ2) is 14.1. The Morgan fingerprint density at radius 2 is 1.71 bits per heavy atom. The molecule has 0 saturated carbocycles. The van der Waals surface area contributed by atoms with E-state index in [4.69, 9.17) is 4.74 Å². The van der Waals surface area contributed by atoms with E-state index in [1.807, 2.05) is 19.9 Å². The molecule has 0 aliphatic carbocycles. The van der Waals surface area contributed by atoms with Crippen LogP contribution in [0.3, 0.4) is 0 Å². The summed E-state index contributed by atoms with van der Waals surface area (Å²) in [6.45, 7) is 5.08. The van der Waals surface area contributed by atoms with Crippen LogP contribution in [0.1, 0.15) is 63.0 Å². The first-order valence-electron chi connectivity index (χ1n) is 16.5. The Kier molecular flexibility index (Phi) is 9.97. The maximum atomic E-state index is 16.0. The maximum absolute atomic E-state index is 16.0. The molecule has 6 rings (SSSR count). The van der Waals surface area contributed by atoms with E-state index in [1.165, 1.54) is 25.1 Å². The molecule has 3 heterocycles. The van der Waals surface area contributed by atoms with Gasteiger partial charge in [-0.1, -0.05) is 12.1 Å². The van der Waals surface area contributed by atoms with Gasteiger partial charge >= 0.3 is 12.1 Å². The Morgan fingerprint density at radius 3 is 2.38 bits per heavy atom. The van der Waals surface area contributed by atoms with Crippen molar-refractivity contribution in [3.8, 4) is 16.9 Å². The quantitative estimate of drug-likeness (QED) is 0.214. The summed E-state index contributed by atoms with van der Waals surface area (Å²) in [5.74, 6) is -4.04. The smallest absolute Gasteiger partial charge is 0.416 e. The fourth-order valence-electron chi connectivity index (χ4n) is 6.82. The van der Waals surface area contributed by atoms with Crippen molar-refractivity contribution < 1.29 is 45.8 Å². The summed E-state index contributed by atoms with van der Waals surface area (Å²) in [6.07, 6.45) is -6.39. The molecular formula is C38H35F6N3O5. The van der Waals surface area contributed by atoms with Crippen molar-refractivity contribution in [3.05, 3.63) is 121 Å². The third-order valence-electron chi connectivity index (χ3n) is 9.69. The lowest BCUT2D eigenvalue weighted by molar-refractivity contribution is -0.139. The van der Waals surface area contributed by atoms with Crippen molar-refractivity contribution in [2.75, 3.05) is 19.6 Å². The molecule has 1 aromatic heterocycles. The number of aromatic nitrogens is 1. The predicted molar refractivity (Wildman–Crippen MR) is 179 cm³/mol. The van der Waals surface area contributed by atoms with Gasteiger partial charge in [-0.3, -0.25) is 23.9 Å². The molecule has 0 spiro atoms. The van der Waals surface area contributed by atoms with Crippen LogP contribution >= 0.6 is 0 Å². The van der Waals surface area contributed by atoms with Crippen LogP contribution in [0.15, 0.2) is 59.5 Å². The third-order valence-corrected chi connectivity index (χ3v) is 9.69. The van der Waals surface area contributed by atoms with Crippen molar-refractivity contribution in [1.29, 1.82) is 0 Å². The molecule has 2 aliphatic heterocycles. The van der Waals surface area contributed by atoms with E-state index in [0.29, 0.717) is 33.1 Å². The van der Waals surface area contributed by atoms with Gasteiger partial charge in [0.15, 0.2) is 0 Å². The summed E-state index contributed by atoms with van der Waals surface area (Å²) < 4.78 is 94.8. The monoisotopic (exact) mass is 727 g/mol. The molecule has 52 heavy (non-hydrogen) atoms. The van der Waals surface area contributed by atoms with Crippen molar-refractivity contribution in [3.63, 3.8) is 0 Å². The van der Waals surface area contributed by atoms with Crippen molar-refractivity contribution >= 4 is 11.9 Å². The summed E-state index contributed by atoms with van der Waals surface area (Å²) in [4.78, 5) is 41.6. The van der Waals surface area contributed by atoms with Gasteiger partial charge in [0.1, 0.15) is 36.2 Å². The molecular weight excluding hydrogens is 692 g/mol. The second-order valence-electron chi connectivity index (χ2n) is 13.3. The molecule has 8 nitrogen and oxygen atoms in total. The van der Waals surface area contributed by atoms with Crippen LogP contribution in [-0.2, 0) is 28.8 Å². The van der Waals surface area contributed by atoms with Crippen molar-refractivity contribution in [1.82, 2.24) is 14.8 Å². The molecule has 4 bridgehead atoms. The zero-order valence-electron chi connectivity index (χ0n) is 28.4. The highest BCUT2D eigenvalue weighted by molar-refractivity contribution is 5.85. The number of amides is 1. The number of carboxylic acid groups (broad SMARTS) is 1. The molecule has 3 aromatic carbocycles. The van der Waals surface area contributed by atoms with Crippen LogP contribution < -0.4 is 15.6 Å². The molecule has 1 fully saturated rings. The highest BCUT2D eigenvalue weighted by atomic mass is 19.4. The standard InChI is InChI=1S/C38H35F6N3O5/c1-19-4-7-31-34(21(19)3)24-10-20(2)35(41)27(12-24)30(14-33(49)50)45-37(51)36(26-11-22(18-52-31)5-6-29(26)40)47-15-23(8-9-46-16-25(39)17-46)28(13-32(47)48)38(42,43)44/h4-7,10-13,15,25,30,36H,8-9,14,16-18H2,1-3H3,(H,45,51)(H,49,50)/t30-,36+/m1/s1. The number of hydrogen-bond acceptors (Lipinski definition) is 5. The second-order valence-corrected chi connectivity index (χ2v) is 13.3. The molecule has 274 valence electrons. The van der Waals surface area contributed by atoms with E-state index < -0.39 is 76.6 Å². The zero-order chi connectivity index (χ0) is 37.6. The lowest BCUT2D eigenvalue weighted by atomic mass is 9.90. The maximum Gasteiger partial charge on any atom is 0.416 e. The molecule has 2 aliphatic rings. The SMILES string of the molecule is Cc1ccc2c(c1C)-c1cc(C)c(F)c(c1)[C@@H](CC(=O)O)NC(=O)[C@@H](n1cc(CCN3CC(F)C3)c(C(F)(F)F)cc1=O)c1cc(ccc1F)CO2. The summed E-state index contributed by atoms with van der Waals surface area (Å²) in [5.41, 5.74) is -0.430. The number of fused-ring (bicyclic) bond motifs is 6. The lowest BCUT2D eigenvalue weighted by Crippen LogP contribution is -2.49. The van der Waals surface area contributed by atoms with Gasteiger partial charge in [-0.05, 0) is 90.9 Å². The van der Waals surface area contributed by atoms with E-state index in [2.05, 4.69) is 5.32 Å². The number of ether oxygens (including phenoxy) is 1. The number of aryl methyl sites for hydroxylation is 2. The van der Waals surface area contributed by atoms with E-state index in [1.54, 1.807) is 17.0 Å². The Bertz CT molecular complexity index is 2130. The number of pyridine rings is 1. The van der Waals surface area contributed by atoms with Crippen LogP contribution in [0.25, 0.3) is 11.1 Å². The number of aliphatic carboxylic acids is 1. The van der Waals surface area contributed by atoms with Gasteiger partial charge in [0, 0.05) is 48.6 Å². The molecule has 2 atom stereocenters. The minimum Gasteiger partial charge on any atom is -0.488 e. The van der Waals surface area contributed by atoms with Crippen LogP contribution in [0.2, 0.25) is 0 Å². The molecule has 2 N–H and O–H groups in total. The number of nitrogens with zero attached hydrogens (tertiary/aromatic N) is 2. The summed E-state index contributed by atoms with van der Waals surface area (Å²) in [5, 5.41) is 12.4. The van der Waals surface area contributed by atoms with Crippen molar-refractivity contribution in [2.45, 2.75) is 64.7 Å². The Labute approximate surface area is 294 Å². The fourth-order valence-corrected chi connectivity index (χ4v) is 6.82. The van der Waals surface area contributed by atoms with E-state index in [0.717, 1.165) is 23.4 Å². The Morgan fingerprint density at radius 1 is 0.981 bits per heavy atom. The number of carbonyl (C=O) groups excluding carboxylic acids is 1. The van der Waals surface area contributed by atoms with Gasteiger partial charge < -0.3 is 15.2 Å². The summed E-state index contributed by atoms with van der Waals surface area (Å²) in [6, 6.07) is 6.91. The number of benzene rings is 3. The average molecular weight is 728 g/mol. The third kappa shape index (κ3) is 7.29. The highest BCUT2D eigenvalue weighted by Gasteiger charge is 2.37. The number of alkyl halides is 4. The number of halogens is 6. The number of rotatable bonds is 6. The number of nitrogens with one attached hydrogen (secondary N) is 1. The van der Waals surface area contributed by atoms with Gasteiger partial charge in [0.05, 0.1) is 18.0 Å². The first-order chi connectivity index (χ1) is 24.5. The largest absolute Gasteiger partial charge is 0.488 e. The predicted octanol–water partition coefficient (Wildman–Crippen LogP) is 6.75. The molecule has 1 saturated heterocycles. The minimum absolute atomic E-state index is 0.00980. The number of hydrogen-bond donors (Lipinski definition) is 2. The number of carbonyl (C=O) groups is 2. The van der Waals surface area contributed by atoms with Crippen molar-refractivity contribution in [2.24, 2.45) is 0 Å². The molecule has 1 amide bonds. The molecule has 0 unspecified atom stereocenters. The zero-order valence-corrected chi connectivity index (χ0v) is 28.4.